The highest BCUT2D eigenvalue weighted by molar-refractivity contribution is 9.10. The summed E-state index contributed by atoms with van der Waals surface area (Å²) in [5, 5.41) is 0.633. The predicted octanol–water partition coefficient (Wildman–Crippen LogP) is 4.76. The molecule has 2 rings (SSSR count). The Morgan fingerprint density at radius 2 is 1.90 bits per heavy atom. The van der Waals surface area contributed by atoms with Crippen LogP contribution in [0.4, 0.5) is 4.39 Å². The smallest absolute Gasteiger partial charge is 0.148 e. The number of rotatable bonds is 3. The molecule has 2 nitrogen and oxygen atoms in total. The Morgan fingerprint density at radius 3 is 2.55 bits per heavy atom. The Hall–Kier alpha value is -0.650. The van der Waals surface area contributed by atoms with Gasteiger partial charge in [0.05, 0.1) is 11.1 Å². The van der Waals surface area contributed by atoms with Crippen LogP contribution in [0.25, 0.3) is 0 Å². The molecule has 2 aromatic rings. The molecule has 0 aliphatic heterocycles. The highest BCUT2D eigenvalue weighted by Gasteiger charge is 2.21. The molecule has 0 aliphatic rings. The molecule has 6 heteroatoms. The highest BCUT2D eigenvalue weighted by Crippen LogP contribution is 2.34. The molecule has 0 saturated heterocycles. The first-order valence-corrected chi connectivity index (χ1v) is 7.36. The van der Waals surface area contributed by atoms with E-state index in [1.165, 1.54) is 0 Å². The van der Waals surface area contributed by atoms with E-state index in [-0.39, 0.29) is 5.02 Å². The van der Waals surface area contributed by atoms with Gasteiger partial charge in [0.1, 0.15) is 5.82 Å². The monoisotopic (exact) mass is 376 g/mol. The van der Waals surface area contributed by atoms with Crippen LogP contribution in [-0.2, 0) is 0 Å². The van der Waals surface area contributed by atoms with Crippen molar-refractivity contribution in [3.8, 4) is 0 Å². The van der Waals surface area contributed by atoms with E-state index in [4.69, 9.17) is 29.0 Å². The summed E-state index contributed by atoms with van der Waals surface area (Å²) in [6.07, 6.45) is 0. The normalized spacial score (nSPS) is 12.5. The molecule has 0 saturated carbocycles. The van der Waals surface area contributed by atoms with Crippen LogP contribution in [0.3, 0.4) is 0 Å². The van der Waals surface area contributed by atoms with Gasteiger partial charge in [-0.15, -0.1) is 0 Å². The maximum absolute atomic E-state index is 14.3. The summed E-state index contributed by atoms with van der Waals surface area (Å²) in [7, 11) is 0. The number of hydrogen-bond acceptors (Lipinski definition) is 2. The zero-order valence-corrected chi connectivity index (χ0v) is 13.7. The largest absolute Gasteiger partial charge is 0.271 e. The molecule has 1 atom stereocenters. The maximum Gasteiger partial charge on any atom is 0.148 e. The second kappa shape index (κ2) is 6.41. The lowest BCUT2D eigenvalue weighted by Crippen LogP contribution is -2.30. The molecule has 0 spiro atoms. The average Bonchev–Trinajstić information content (AvgIpc) is 2.44. The number of hydrogen-bond donors (Lipinski definition) is 2. The Bertz CT molecular complexity index is 649. The fourth-order valence-electron chi connectivity index (χ4n) is 2.05. The fraction of sp³-hybridized carbons (Fsp3) is 0.143. The Labute approximate surface area is 135 Å². The summed E-state index contributed by atoms with van der Waals surface area (Å²) >= 11 is 15.2. The van der Waals surface area contributed by atoms with Crippen LogP contribution in [0.5, 0.6) is 0 Å². The van der Waals surface area contributed by atoms with E-state index in [9.17, 15) is 4.39 Å². The van der Waals surface area contributed by atoms with Crippen LogP contribution in [0.2, 0.25) is 10.0 Å². The lowest BCUT2D eigenvalue weighted by atomic mass is 9.95. The van der Waals surface area contributed by atoms with Gasteiger partial charge in [0, 0.05) is 15.1 Å². The van der Waals surface area contributed by atoms with Gasteiger partial charge in [-0.2, -0.15) is 0 Å². The van der Waals surface area contributed by atoms with E-state index in [1.807, 2.05) is 13.0 Å². The highest BCUT2D eigenvalue weighted by atomic mass is 79.9. The molecule has 0 aliphatic carbocycles. The third-order valence-corrected chi connectivity index (χ3v) is 4.83. The topological polar surface area (TPSA) is 38.0 Å². The zero-order chi connectivity index (χ0) is 14.9. The van der Waals surface area contributed by atoms with Gasteiger partial charge in [0.15, 0.2) is 0 Å². The van der Waals surface area contributed by atoms with E-state index >= 15 is 0 Å². The molecule has 3 N–H and O–H groups in total. The molecule has 106 valence electrons. The molecule has 0 fully saturated rings. The van der Waals surface area contributed by atoms with E-state index in [2.05, 4.69) is 21.4 Å². The quantitative estimate of drug-likeness (QED) is 0.460. The second-order valence-electron chi connectivity index (χ2n) is 4.32. The molecular formula is C14H12BrCl2FN2. The number of nitrogens with two attached hydrogens (primary N) is 1. The Morgan fingerprint density at radius 1 is 1.20 bits per heavy atom. The van der Waals surface area contributed by atoms with Crippen molar-refractivity contribution < 1.29 is 4.39 Å². The third-order valence-electron chi connectivity index (χ3n) is 3.16. The fourth-order valence-corrected chi connectivity index (χ4v) is 2.71. The summed E-state index contributed by atoms with van der Waals surface area (Å²) in [5.74, 6) is 5.09. The second-order valence-corrected chi connectivity index (χ2v) is 5.96. The van der Waals surface area contributed by atoms with Gasteiger partial charge < -0.3 is 0 Å². The van der Waals surface area contributed by atoms with Crippen molar-refractivity contribution in [3.05, 3.63) is 67.4 Å². The minimum atomic E-state index is -0.528. The lowest BCUT2D eigenvalue weighted by molar-refractivity contribution is 0.558. The molecule has 0 amide bonds. The predicted molar refractivity (Wildman–Crippen MR) is 84.5 cm³/mol. The summed E-state index contributed by atoms with van der Waals surface area (Å²) in [6, 6.07) is 8.22. The van der Waals surface area contributed by atoms with Crippen LogP contribution in [0, 0.1) is 12.7 Å². The van der Waals surface area contributed by atoms with E-state index in [0.717, 1.165) is 11.1 Å². The van der Waals surface area contributed by atoms with Crippen molar-refractivity contribution in [2.24, 2.45) is 5.84 Å². The Balaban J connectivity index is 2.59. The van der Waals surface area contributed by atoms with Crippen molar-refractivity contribution in [2.75, 3.05) is 0 Å². The van der Waals surface area contributed by atoms with Crippen LogP contribution >= 0.6 is 39.1 Å². The van der Waals surface area contributed by atoms with Gasteiger partial charge in [-0.25, -0.2) is 9.82 Å². The molecule has 20 heavy (non-hydrogen) atoms. The van der Waals surface area contributed by atoms with Gasteiger partial charge in [0.25, 0.3) is 0 Å². The number of halogens is 4. The van der Waals surface area contributed by atoms with Gasteiger partial charge >= 0.3 is 0 Å². The maximum atomic E-state index is 14.3. The van der Waals surface area contributed by atoms with Crippen LogP contribution in [-0.4, -0.2) is 0 Å². The van der Waals surface area contributed by atoms with E-state index < -0.39 is 11.9 Å². The first kappa shape index (κ1) is 15.7. The van der Waals surface area contributed by atoms with Gasteiger partial charge in [-0.1, -0.05) is 41.4 Å². The third kappa shape index (κ3) is 2.85. The molecule has 2 aromatic carbocycles. The van der Waals surface area contributed by atoms with Crippen LogP contribution < -0.4 is 11.3 Å². The molecule has 1 unspecified atom stereocenters. The van der Waals surface area contributed by atoms with Crippen molar-refractivity contribution in [1.29, 1.82) is 0 Å². The molecule has 0 radical (unpaired) electrons. The minimum absolute atomic E-state index is 0.0300. The van der Waals surface area contributed by atoms with Crippen molar-refractivity contribution in [3.63, 3.8) is 0 Å². The van der Waals surface area contributed by atoms with Gasteiger partial charge in [-0.05, 0) is 46.1 Å². The van der Waals surface area contributed by atoms with E-state index in [1.54, 1.807) is 24.3 Å². The zero-order valence-electron chi connectivity index (χ0n) is 10.6. The van der Waals surface area contributed by atoms with Crippen LogP contribution in [0.1, 0.15) is 22.7 Å². The summed E-state index contributed by atoms with van der Waals surface area (Å²) < 4.78 is 14.8. The minimum Gasteiger partial charge on any atom is -0.271 e. The summed E-state index contributed by atoms with van der Waals surface area (Å²) in [5.41, 5.74) is 4.63. The number of hydrazine groups is 1. The average molecular weight is 378 g/mol. The molecule has 0 aromatic heterocycles. The van der Waals surface area contributed by atoms with Crippen molar-refractivity contribution in [2.45, 2.75) is 13.0 Å². The number of benzene rings is 2. The molecule has 0 heterocycles. The SMILES string of the molecule is Cc1c(Cl)cccc1C(NN)c1ccc(Br)c(Cl)c1F. The van der Waals surface area contributed by atoms with Gasteiger partial charge in [0.2, 0.25) is 0 Å². The van der Waals surface area contributed by atoms with Gasteiger partial charge in [-0.3, -0.25) is 5.84 Å². The van der Waals surface area contributed by atoms with E-state index in [0.29, 0.717) is 15.1 Å². The molecule has 0 bridgehead atoms. The first-order chi connectivity index (χ1) is 9.47. The van der Waals surface area contributed by atoms with Crippen LogP contribution in [0.15, 0.2) is 34.8 Å². The summed E-state index contributed by atoms with van der Waals surface area (Å²) in [6.45, 7) is 1.86. The Kier molecular flexibility index (Phi) is 5.04. The van der Waals surface area contributed by atoms with Crippen molar-refractivity contribution >= 4 is 39.1 Å². The lowest BCUT2D eigenvalue weighted by Gasteiger charge is -2.21. The van der Waals surface area contributed by atoms with Crippen molar-refractivity contribution in [1.82, 2.24) is 5.43 Å². The number of nitrogens with one attached hydrogen (secondary N) is 1. The molecular weight excluding hydrogens is 366 g/mol. The summed E-state index contributed by atoms with van der Waals surface area (Å²) in [4.78, 5) is 0. The first-order valence-electron chi connectivity index (χ1n) is 5.82. The standard InChI is InChI=1S/C14H12BrCl2FN2/c1-7-8(3-2-4-11(7)16)14(20-19)9-5-6-10(15)12(17)13(9)18/h2-6,14,20H,19H2,1H3.